The molecule has 0 spiro atoms. The smallest absolute Gasteiger partial charge is 0.411 e. The highest BCUT2D eigenvalue weighted by Gasteiger charge is 2.22. The van der Waals surface area contributed by atoms with Crippen molar-refractivity contribution < 1.29 is 57.0 Å². The van der Waals surface area contributed by atoms with Crippen LogP contribution < -0.4 is 29.6 Å². The van der Waals surface area contributed by atoms with E-state index in [2.05, 4.69) is 83.4 Å². The van der Waals surface area contributed by atoms with Crippen LogP contribution in [0.1, 0.15) is 68.5 Å². The van der Waals surface area contributed by atoms with Gasteiger partial charge in [-0.25, -0.2) is 9.59 Å². The van der Waals surface area contributed by atoms with E-state index < -0.39 is 12.2 Å². The van der Waals surface area contributed by atoms with Crippen LogP contribution in [0.5, 0.6) is 23.0 Å². The number of rotatable bonds is 12. The van der Waals surface area contributed by atoms with Crippen LogP contribution in [-0.4, -0.2) is 105 Å². The number of ether oxygens (including phenoxy) is 10. The molecule has 0 fully saturated rings. The van der Waals surface area contributed by atoms with Crippen LogP contribution in [0.2, 0.25) is 0 Å². The Morgan fingerprint density at radius 2 is 0.689 bits per heavy atom. The number of hydrogen-bond donors (Lipinski definition) is 2. The number of carbonyl (C=O) groups is 2. The second kappa shape index (κ2) is 28.4. The lowest BCUT2D eigenvalue weighted by atomic mass is 9.91. The van der Waals surface area contributed by atoms with E-state index in [1.807, 2.05) is 62.4 Å². The van der Waals surface area contributed by atoms with Gasteiger partial charge in [0.05, 0.1) is 79.3 Å². The van der Waals surface area contributed by atoms with Crippen molar-refractivity contribution in [2.24, 2.45) is 0 Å². The summed E-state index contributed by atoms with van der Waals surface area (Å²) in [6.45, 7) is 8.88. The Hall–Kier alpha value is -7.10. The predicted octanol–water partition coefficient (Wildman–Crippen LogP) is 10.9. The molecule has 1 aliphatic heterocycles. The van der Waals surface area contributed by atoms with Crippen LogP contribution >= 0.6 is 0 Å². The summed E-state index contributed by atoms with van der Waals surface area (Å²) in [5.41, 5.74) is 11.4. The van der Waals surface area contributed by atoms with Gasteiger partial charge < -0.3 is 47.4 Å². The molecule has 2 aliphatic rings. The minimum atomic E-state index is -0.519. The Kier molecular flexibility index (Phi) is 20.4. The van der Waals surface area contributed by atoms with E-state index in [-0.39, 0.29) is 13.2 Å². The van der Waals surface area contributed by atoms with Gasteiger partial charge in [0.15, 0.2) is 0 Å². The lowest BCUT2D eigenvalue weighted by Gasteiger charge is -2.23. The summed E-state index contributed by atoms with van der Waals surface area (Å²) in [6, 6.07) is 40.2. The molecule has 14 heteroatoms. The molecule has 0 aromatic heterocycles. The fourth-order valence-electron chi connectivity index (χ4n) is 8.77. The van der Waals surface area contributed by atoms with E-state index in [9.17, 15) is 9.59 Å². The monoisotopic (exact) mass is 1010 g/mol. The van der Waals surface area contributed by atoms with Gasteiger partial charge in [-0.1, -0.05) is 108 Å². The number of para-hydroxylation sites is 4. The van der Waals surface area contributed by atoms with Crippen LogP contribution in [0.15, 0.2) is 121 Å². The van der Waals surface area contributed by atoms with Crippen molar-refractivity contribution in [3.63, 3.8) is 0 Å². The van der Waals surface area contributed by atoms with Crippen LogP contribution in [0.3, 0.4) is 0 Å². The summed E-state index contributed by atoms with van der Waals surface area (Å²) in [4.78, 5) is 25.4. The predicted molar refractivity (Wildman–Crippen MR) is 284 cm³/mol. The normalized spacial score (nSPS) is 14.6. The average molecular weight is 1010 g/mol. The molecule has 1 heterocycles. The van der Waals surface area contributed by atoms with Crippen LogP contribution in [0.25, 0.3) is 0 Å². The summed E-state index contributed by atoms with van der Waals surface area (Å²) in [7, 11) is 0. The van der Waals surface area contributed by atoms with Gasteiger partial charge in [0.25, 0.3) is 0 Å². The Morgan fingerprint density at radius 3 is 1.01 bits per heavy atom. The van der Waals surface area contributed by atoms with Gasteiger partial charge in [-0.3, -0.25) is 10.6 Å². The molecule has 74 heavy (non-hydrogen) atoms. The molecule has 8 rings (SSSR count). The number of nitrogens with one attached hydrogen (secondary N) is 2. The highest BCUT2D eigenvalue weighted by Crippen LogP contribution is 2.39. The van der Waals surface area contributed by atoms with Crippen molar-refractivity contribution in [3.05, 3.63) is 177 Å². The molecule has 6 aromatic rings. The fourth-order valence-corrected chi connectivity index (χ4v) is 8.77. The average Bonchev–Trinajstić information content (AvgIpc) is 3.39. The molecule has 2 N–H and O–H groups in total. The van der Waals surface area contributed by atoms with E-state index >= 15 is 0 Å². The number of fused-ring (bicyclic) bond motifs is 2. The zero-order valence-corrected chi connectivity index (χ0v) is 42.6. The molecular weight excluding hydrogens is 941 g/mol. The van der Waals surface area contributed by atoms with Crippen LogP contribution in [0.4, 0.5) is 21.0 Å². The molecule has 0 atom stereocenters. The first-order valence-electron chi connectivity index (χ1n) is 25.6. The third-order valence-corrected chi connectivity index (χ3v) is 12.4. The van der Waals surface area contributed by atoms with E-state index in [0.29, 0.717) is 129 Å². The number of aryl methyl sites for hydroxylation is 2. The number of carbonyl (C=O) groups excluding carboxylic acids is 2. The van der Waals surface area contributed by atoms with Gasteiger partial charge in [-0.05, 0) is 82.6 Å². The van der Waals surface area contributed by atoms with Crippen molar-refractivity contribution in [2.45, 2.75) is 52.4 Å². The maximum Gasteiger partial charge on any atom is 0.411 e. The summed E-state index contributed by atoms with van der Waals surface area (Å²) in [5, 5.41) is 5.60. The second-order valence-corrected chi connectivity index (χ2v) is 18.1. The molecule has 390 valence electrons. The lowest BCUT2D eigenvalue weighted by molar-refractivity contribution is -0.00706. The first-order valence-corrected chi connectivity index (χ1v) is 25.6. The van der Waals surface area contributed by atoms with Gasteiger partial charge in [-0.15, -0.1) is 0 Å². The molecule has 0 radical (unpaired) electrons. The van der Waals surface area contributed by atoms with Crippen LogP contribution in [-0.2, 0) is 54.1 Å². The van der Waals surface area contributed by atoms with Gasteiger partial charge >= 0.3 is 12.2 Å². The molecule has 0 saturated carbocycles. The van der Waals surface area contributed by atoms with E-state index in [1.54, 1.807) is 0 Å². The number of benzene rings is 6. The SMILES string of the molecule is Cc1ccc(NC(=O)OCCCOc2c3cccc2Cc2cccc4c2OCCOCCOCCOCCOCCOc2c(cccc2Cc2cccc(c2OCCCOC(=O)Nc2ccc(C)cc2)C4)C3)cc1. The minimum Gasteiger partial charge on any atom is -0.493 e. The maximum atomic E-state index is 12.7. The third kappa shape index (κ3) is 16.2. The molecular formula is C60H68N2O12. The first kappa shape index (κ1) is 53.2. The Morgan fingerprint density at radius 1 is 0.392 bits per heavy atom. The Balaban J connectivity index is 1.10. The highest BCUT2D eigenvalue weighted by molar-refractivity contribution is 5.85. The van der Waals surface area contributed by atoms with Gasteiger partial charge in [0.2, 0.25) is 0 Å². The van der Waals surface area contributed by atoms with E-state index in [4.69, 9.17) is 47.4 Å². The van der Waals surface area contributed by atoms with E-state index in [1.165, 1.54) is 0 Å². The minimum absolute atomic E-state index is 0.170. The Labute approximate surface area is 434 Å². The standard InChI is InChI=1S/C60H68N2O12/c1-43-17-21-53(22-18-43)61-59(63)73-27-7-25-69-55-45-9-3-10-46(55)40-50-14-6-16-52-42-48-12-4-11-47(56(48)70-26-8-28-74-60(64)62-54-23-19-44(2)20-24-54)41-51-15-5-13-49(39-45)57(51)71-37-35-67-33-31-65-29-30-66-32-34-68-36-38-72-58(50)52/h3-6,9-24H,7-8,25-42H2,1-2H3,(H,61,63)(H,62,64). The lowest BCUT2D eigenvalue weighted by Crippen LogP contribution is -2.16. The van der Waals surface area contributed by atoms with Crippen molar-refractivity contribution >= 4 is 23.6 Å². The zero-order chi connectivity index (χ0) is 51.2. The number of amides is 2. The van der Waals surface area contributed by atoms with Crippen molar-refractivity contribution in [2.75, 3.05) is 103 Å². The molecule has 0 unspecified atom stereocenters. The molecule has 6 aromatic carbocycles. The third-order valence-electron chi connectivity index (χ3n) is 12.4. The van der Waals surface area contributed by atoms with Crippen molar-refractivity contribution in [3.8, 4) is 23.0 Å². The maximum absolute atomic E-state index is 12.7. The molecule has 0 saturated heterocycles. The van der Waals surface area contributed by atoms with Gasteiger partial charge in [-0.2, -0.15) is 0 Å². The second-order valence-electron chi connectivity index (χ2n) is 18.1. The van der Waals surface area contributed by atoms with Crippen molar-refractivity contribution in [1.82, 2.24) is 0 Å². The largest absolute Gasteiger partial charge is 0.493 e. The summed E-state index contributed by atoms with van der Waals surface area (Å²) >= 11 is 0. The fraction of sp³-hybridized carbons (Fsp3) is 0.367. The summed E-state index contributed by atoms with van der Waals surface area (Å²) < 4.78 is 61.6. The molecule has 10 bridgehead atoms. The summed E-state index contributed by atoms with van der Waals surface area (Å²) in [5.74, 6) is 3.04. The van der Waals surface area contributed by atoms with Crippen molar-refractivity contribution in [1.29, 1.82) is 0 Å². The number of anilines is 2. The van der Waals surface area contributed by atoms with Crippen LogP contribution in [0, 0.1) is 13.8 Å². The molecule has 14 nitrogen and oxygen atoms in total. The first-order chi connectivity index (χ1) is 36.4. The van der Waals surface area contributed by atoms with Gasteiger partial charge in [0.1, 0.15) is 36.2 Å². The highest BCUT2D eigenvalue weighted by atomic mass is 16.6. The van der Waals surface area contributed by atoms with E-state index in [0.717, 1.165) is 78.6 Å². The zero-order valence-electron chi connectivity index (χ0n) is 42.6. The Bertz CT molecular complexity index is 2460. The quantitative estimate of drug-likeness (QED) is 0.112. The number of hydrogen-bond acceptors (Lipinski definition) is 12. The van der Waals surface area contributed by atoms with Gasteiger partial charge in [0, 0.05) is 49.9 Å². The topological polar surface area (TPSA) is 151 Å². The molecule has 1 aliphatic carbocycles. The summed E-state index contributed by atoms with van der Waals surface area (Å²) in [6.07, 6.45) is 1.90. The molecule has 2 amide bonds.